The summed E-state index contributed by atoms with van der Waals surface area (Å²) in [5, 5.41) is 0. The van der Waals surface area contributed by atoms with Gasteiger partial charge in [-0.05, 0) is 31.4 Å². The van der Waals surface area contributed by atoms with E-state index in [1.54, 1.807) is 0 Å². The maximum absolute atomic E-state index is 4.65. The van der Waals surface area contributed by atoms with Gasteiger partial charge in [-0.1, -0.05) is 12.1 Å². The van der Waals surface area contributed by atoms with E-state index in [4.69, 9.17) is 0 Å². The first-order valence-corrected chi connectivity index (χ1v) is 5.72. The van der Waals surface area contributed by atoms with Gasteiger partial charge in [-0.15, -0.1) is 0 Å². The molecular formula is C13H14N3. The molecule has 0 unspecified atom stereocenters. The summed E-state index contributed by atoms with van der Waals surface area (Å²) in [6, 6.07) is 8.01. The van der Waals surface area contributed by atoms with Crippen LogP contribution in [0.2, 0.25) is 0 Å². The van der Waals surface area contributed by atoms with E-state index in [-0.39, 0.29) is 0 Å². The van der Waals surface area contributed by atoms with Crippen LogP contribution in [0.3, 0.4) is 0 Å². The third-order valence-electron chi connectivity index (χ3n) is 2.97. The first kappa shape index (κ1) is 9.58. The Morgan fingerprint density at radius 2 is 1.75 bits per heavy atom. The SMILES string of the molecule is [CH]1CCN(c2cnc3ccccc3n2)CC1. The van der Waals surface area contributed by atoms with Crippen LogP contribution in [0.1, 0.15) is 12.8 Å². The fourth-order valence-electron chi connectivity index (χ4n) is 2.08. The van der Waals surface area contributed by atoms with E-state index < -0.39 is 0 Å². The lowest BCUT2D eigenvalue weighted by Gasteiger charge is -2.27. The third-order valence-corrected chi connectivity index (χ3v) is 2.97. The molecule has 0 bridgehead atoms. The Balaban J connectivity index is 1.97. The number of para-hydroxylation sites is 2. The van der Waals surface area contributed by atoms with Crippen LogP contribution in [-0.2, 0) is 0 Å². The monoisotopic (exact) mass is 212 g/mol. The van der Waals surface area contributed by atoms with Crippen LogP contribution in [0.25, 0.3) is 11.0 Å². The second kappa shape index (κ2) is 4.08. The van der Waals surface area contributed by atoms with Gasteiger partial charge in [0.1, 0.15) is 5.82 Å². The number of hydrogen-bond acceptors (Lipinski definition) is 3. The molecule has 2 aromatic rings. The van der Waals surface area contributed by atoms with Gasteiger partial charge in [-0.25, -0.2) is 4.98 Å². The lowest BCUT2D eigenvalue weighted by atomic mass is 10.1. The zero-order chi connectivity index (χ0) is 10.8. The van der Waals surface area contributed by atoms with Gasteiger partial charge in [0.2, 0.25) is 0 Å². The van der Waals surface area contributed by atoms with E-state index in [2.05, 4.69) is 21.3 Å². The van der Waals surface area contributed by atoms with Crippen molar-refractivity contribution in [3.63, 3.8) is 0 Å². The quantitative estimate of drug-likeness (QED) is 0.727. The van der Waals surface area contributed by atoms with Crippen molar-refractivity contribution in [1.29, 1.82) is 0 Å². The molecule has 0 spiro atoms. The fraction of sp³-hybridized carbons (Fsp3) is 0.308. The van der Waals surface area contributed by atoms with Crippen molar-refractivity contribution in [3.05, 3.63) is 36.9 Å². The second-order valence-electron chi connectivity index (χ2n) is 4.07. The summed E-state index contributed by atoms with van der Waals surface area (Å²) in [4.78, 5) is 11.4. The van der Waals surface area contributed by atoms with Crippen molar-refractivity contribution in [3.8, 4) is 0 Å². The Hall–Kier alpha value is -1.64. The molecule has 0 atom stereocenters. The van der Waals surface area contributed by atoms with Crippen LogP contribution >= 0.6 is 0 Å². The summed E-state index contributed by atoms with van der Waals surface area (Å²) in [6.45, 7) is 2.13. The van der Waals surface area contributed by atoms with Crippen molar-refractivity contribution in [2.24, 2.45) is 0 Å². The topological polar surface area (TPSA) is 29.0 Å². The molecule has 1 fully saturated rings. The number of piperidine rings is 1. The van der Waals surface area contributed by atoms with Gasteiger partial charge < -0.3 is 4.90 Å². The van der Waals surface area contributed by atoms with Crippen LogP contribution < -0.4 is 4.90 Å². The molecule has 0 amide bonds. The molecule has 3 heteroatoms. The largest absolute Gasteiger partial charge is 0.355 e. The Morgan fingerprint density at radius 1 is 1.00 bits per heavy atom. The van der Waals surface area contributed by atoms with Crippen LogP contribution in [0.4, 0.5) is 5.82 Å². The maximum Gasteiger partial charge on any atom is 0.147 e. The van der Waals surface area contributed by atoms with Gasteiger partial charge in [0, 0.05) is 13.1 Å². The highest BCUT2D eigenvalue weighted by molar-refractivity contribution is 5.75. The Kier molecular flexibility index (Phi) is 2.44. The smallest absolute Gasteiger partial charge is 0.147 e. The predicted octanol–water partition coefficient (Wildman–Crippen LogP) is 2.43. The van der Waals surface area contributed by atoms with E-state index in [0.29, 0.717) is 0 Å². The summed E-state index contributed by atoms with van der Waals surface area (Å²) in [7, 11) is 0. The van der Waals surface area contributed by atoms with E-state index in [1.807, 2.05) is 30.5 Å². The van der Waals surface area contributed by atoms with Gasteiger partial charge in [0.05, 0.1) is 17.2 Å². The molecule has 1 radical (unpaired) electrons. The van der Waals surface area contributed by atoms with E-state index in [0.717, 1.165) is 42.8 Å². The average molecular weight is 212 g/mol. The summed E-state index contributed by atoms with van der Waals surface area (Å²) in [5.41, 5.74) is 1.95. The standard InChI is InChI=1S/C13H14N3/c1-4-8-16(9-5-1)13-10-14-11-6-2-3-7-12(11)15-13/h1-3,6-7,10H,4-5,8-9H2. The highest BCUT2D eigenvalue weighted by Crippen LogP contribution is 2.18. The minimum absolute atomic E-state index is 0.967. The Morgan fingerprint density at radius 3 is 2.56 bits per heavy atom. The molecule has 0 saturated carbocycles. The van der Waals surface area contributed by atoms with Gasteiger partial charge >= 0.3 is 0 Å². The van der Waals surface area contributed by atoms with Crippen LogP contribution in [0.15, 0.2) is 30.5 Å². The second-order valence-corrected chi connectivity index (χ2v) is 4.07. The Labute approximate surface area is 95.1 Å². The summed E-state index contributed by atoms with van der Waals surface area (Å²) >= 11 is 0. The van der Waals surface area contributed by atoms with Gasteiger partial charge in [0.25, 0.3) is 0 Å². The van der Waals surface area contributed by atoms with E-state index in [1.165, 1.54) is 0 Å². The zero-order valence-electron chi connectivity index (χ0n) is 9.13. The molecule has 3 nitrogen and oxygen atoms in total. The lowest BCUT2D eigenvalue weighted by Crippen LogP contribution is -2.30. The van der Waals surface area contributed by atoms with Crippen LogP contribution in [-0.4, -0.2) is 23.1 Å². The summed E-state index contributed by atoms with van der Waals surface area (Å²) in [6.07, 6.45) is 6.52. The number of rotatable bonds is 1. The molecule has 16 heavy (non-hydrogen) atoms. The predicted molar refractivity (Wildman–Crippen MR) is 65.3 cm³/mol. The number of anilines is 1. The Bertz CT molecular complexity index is 489. The van der Waals surface area contributed by atoms with Crippen molar-refractivity contribution in [2.75, 3.05) is 18.0 Å². The highest BCUT2D eigenvalue weighted by atomic mass is 15.2. The maximum atomic E-state index is 4.65. The minimum atomic E-state index is 0.967. The highest BCUT2D eigenvalue weighted by Gasteiger charge is 2.12. The molecular weight excluding hydrogens is 198 g/mol. The van der Waals surface area contributed by atoms with Crippen molar-refractivity contribution >= 4 is 16.9 Å². The molecule has 1 aliphatic rings. The molecule has 0 aliphatic carbocycles. The lowest BCUT2D eigenvalue weighted by molar-refractivity contribution is 0.671. The minimum Gasteiger partial charge on any atom is -0.355 e. The van der Waals surface area contributed by atoms with Crippen LogP contribution in [0, 0.1) is 6.42 Å². The number of fused-ring (bicyclic) bond motifs is 1. The van der Waals surface area contributed by atoms with E-state index in [9.17, 15) is 0 Å². The third kappa shape index (κ3) is 1.73. The van der Waals surface area contributed by atoms with Crippen LogP contribution in [0.5, 0.6) is 0 Å². The first-order chi connectivity index (χ1) is 7.93. The normalized spacial score (nSPS) is 16.6. The molecule has 2 heterocycles. The number of benzene rings is 1. The summed E-state index contributed by atoms with van der Waals surface area (Å²) < 4.78 is 0. The molecule has 81 valence electrons. The molecule has 1 aromatic carbocycles. The first-order valence-electron chi connectivity index (χ1n) is 5.72. The summed E-state index contributed by atoms with van der Waals surface area (Å²) in [5.74, 6) is 1.01. The molecule has 0 N–H and O–H groups in total. The number of aromatic nitrogens is 2. The number of nitrogens with zero attached hydrogens (tertiary/aromatic N) is 3. The molecule has 1 aliphatic heterocycles. The number of hydrogen-bond donors (Lipinski definition) is 0. The van der Waals surface area contributed by atoms with Crippen molar-refractivity contribution in [1.82, 2.24) is 9.97 Å². The molecule has 1 aromatic heterocycles. The molecule has 3 rings (SSSR count). The van der Waals surface area contributed by atoms with Crippen molar-refractivity contribution in [2.45, 2.75) is 12.8 Å². The van der Waals surface area contributed by atoms with E-state index >= 15 is 0 Å². The van der Waals surface area contributed by atoms with Gasteiger partial charge in [0.15, 0.2) is 0 Å². The van der Waals surface area contributed by atoms with Gasteiger partial charge in [-0.2, -0.15) is 0 Å². The molecule has 1 saturated heterocycles. The van der Waals surface area contributed by atoms with Crippen molar-refractivity contribution < 1.29 is 0 Å². The van der Waals surface area contributed by atoms with Gasteiger partial charge in [-0.3, -0.25) is 4.98 Å². The fourth-order valence-corrected chi connectivity index (χ4v) is 2.08. The zero-order valence-corrected chi connectivity index (χ0v) is 9.13. The average Bonchev–Trinajstić information content (AvgIpc) is 2.39.